The summed E-state index contributed by atoms with van der Waals surface area (Å²) in [5.74, 6) is 7.13. The Morgan fingerprint density at radius 1 is 1.53 bits per heavy atom. The fraction of sp³-hybridized carbons (Fsp3) is 0.438. The molecule has 1 amide bonds. The highest BCUT2D eigenvalue weighted by molar-refractivity contribution is 5.96. The Balaban J connectivity index is 2.10. The number of aryl methyl sites for hydroxylation is 1. The minimum Gasteiger partial charge on any atom is -0.352 e. The summed E-state index contributed by atoms with van der Waals surface area (Å²) in [6.07, 6.45) is 1.22. The maximum absolute atomic E-state index is 12.2. The van der Waals surface area contributed by atoms with Gasteiger partial charge in [-0.25, -0.2) is 0 Å². The van der Waals surface area contributed by atoms with Gasteiger partial charge in [-0.2, -0.15) is 0 Å². The third kappa shape index (κ3) is 3.59. The molecule has 1 aromatic rings. The standard InChI is InChI=1S/C16H20N2O/c1-11-5-6-15(13(8-11)4-3-7-17)16(19)18-10-14-9-12(14)2/h5-6,8,12,14H,7,9-10,17H2,1-2H3,(H,18,19). The molecule has 100 valence electrons. The van der Waals surface area contributed by atoms with Gasteiger partial charge in [-0.15, -0.1) is 0 Å². The average Bonchev–Trinajstić information content (AvgIpc) is 3.09. The van der Waals surface area contributed by atoms with Gasteiger partial charge in [0.1, 0.15) is 0 Å². The molecule has 0 heterocycles. The van der Waals surface area contributed by atoms with Gasteiger partial charge in [0, 0.05) is 12.1 Å². The minimum absolute atomic E-state index is 0.0413. The summed E-state index contributed by atoms with van der Waals surface area (Å²) >= 11 is 0. The maximum Gasteiger partial charge on any atom is 0.252 e. The van der Waals surface area contributed by atoms with Crippen LogP contribution in [0.25, 0.3) is 0 Å². The van der Waals surface area contributed by atoms with Crippen molar-refractivity contribution < 1.29 is 4.79 Å². The van der Waals surface area contributed by atoms with E-state index < -0.39 is 0 Å². The molecule has 1 aliphatic carbocycles. The van der Waals surface area contributed by atoms with Crippen LogP contribution < -0.4 is 11.1 Å². The van der Waals surface area contributed by atoms with Crippen LogP contribution in [-0.2, 0) is 0 Å². The normalized spacial score (nSPS) is 20.4. The van der Waals surface area contributed by atoms with Crippen molar-refractivity contribution in [2.75, 3.05) is 13.1 Å². The van der Waals surface area contributed by atoms with Crippen molar-refractivity contribution in [3.8, 4) is 11.8 Å². The van der Waals surface area contributed by atoms with E-state index in [0.29, 0.717) is 18.0 Å². The zero-order chi connectivity index (χ0) is 13.8. The minimum atomic E-state index is -0.0413. The second-order valence-electron chi connectivity index (χ2n) is 5.24. The first-order valence-electron chi connectivity index (χ1n) is 6.69. The van der Waals surface area contributed by atoms with Crippen LogP contribution in [0, 0.1) is 30.6 Å². The Hall–Kier alpha value is -1.79. The Labute approximate surface area is 114 Å². The molecule has 0 radical (unpaired) electrons. The van der Waals surface area contributed by atoms with Crippen LogP contribution in [0.15, 0.2) is 18.2 Å². The largest absolute Gasteiger partial charge is 0.352 e. The van der Waals surface area contributed by atoms with Gasteiger partial charge in [0.05, 0.1) is 12.1 Å². The molecule has 0 bridgehead atoms. The first-order chi connectivity index (χ1) is 9.11. The predicted molar refractivity (Wildman–Crippen MR) is 76.7 cm³/mol. The average molecular weight is 256 g/mol. The molecule has 0 aromatic heterocycles. The lowest BCUT2D eigenvalue weighted by molar-refractivity contribution is 0.0951. The SMILES string of the molecule is Cc1ccc(C(=O)NCC2CC2C)c(C#CCN)c1. The summed E-state index contributed by atoms with van der Waals surface area (Å²) in [7, 11) is 0. The van der Waals surface area contributed by atoms with Gasteiger partial charge in [0.2, 0.25) is 0 Å². The second kappa shape index (κ2) is 5.90. The van der Waals surface area contributed by atoms with Crippen molar-refractivity contribution in [3.63, 3.8) is 0 Å². The number of benzene rings is 1. The van der Waals surface area contributed by atoms with Crippen molar-refractivity contribution in [1.29, 1.82) is 0 Å². The number of nitrogens with two attached hydrogens (primary N) is 1. The molecule has 1 aromatic carbocycles. The van der Waals surface area contributed by atoms with Gasteiger partial charge >= 0.3 is 0 Å². The molecule has 0 aliphatic heterocycles. The summed E-state index contributed by atoms with van der Waals surface area (Å²) in [6.45, 7) is 5.26. The van der Waals surface area contributed by atoms with Crippen LogP contribution in [0.1, 0.15) is 34.8 Å². The first-order valence-corrected chi connectivity index (χ1v) is 6.69. The topological polar surface area (TPSA) is 55.1 Å². The van der Waals surface area contributed by atoms with E-state index in [-0.39, 0.29) is 5.91 Å². The van der Waals surface area contributed by atoms with Crippen molar-refractivity contribution in [1.82, 2.24) is 5.32 Å². The molecular weight excluding hydrogens is 236 g/mol. The van der Waals surface area contributed by atoms with Gasteiger partial charge in [-0.05, 0) is 42.9 Å². The number of nitrogens with one attached hydrogen (secondary N) is 1. The highest BCUT2D eigenvalue weighted by Gasteiger charge is 2.32. The lowest BCUT2D eigenvalue weighted by atomic mass is 10.0. The van der Waals surface area contributed by atoms with E-state index in [2.05, 4.69) is 24.1 Å². The molecular formula is C16H20N2O. The van der Waals surface area contributed by atoms with Crippen molar-refractivity contribution in [2.24, 2.45) is 17.6 Å². The predicted octanol–water partition coefficient (Wildman–Crippen LogP) is 1.69. The van der Waals surface area contributed by atoms with E-state index in [4.69, 9.17) is 5.73 Å². The monoisotopic (exact) mass is 256 g/mol. The number of carbonyl (C=O) groups is 1. The van der Waals surface area contributed by atoms with Crippen molar-refractivity contribution in [2.45, 2.75) is 20.3 Å². The van der Waals surface area contributed by atoms with Crippen molar-refractivity contribution in [3.05, 3.63) is 34.9 Å². The molecule has 2 unspecified atom stereocenters. The summed E-state index contributed by atoms with van der Waals surface area (Å²) in [6, 6.07) is 5.70. The van der Waals surface area contributed by atoms with Crippen LogP contribution in [0.5, 0.6) is 0 Å². The van der Waals surface area contributed by atoms with Gasteiger partial charge in [-0.1, -0.05) is 24.8 Å². The fourth-order valence-electron chi connectivity index (χ4n) is 2.11. The van der Waals surface area contributed by atoms with Gasteiger partial charge in [0.25, 0.3) is 5.91 Å². The van der Waals surface area contributed by atoms with E-state index in [1.54, 1.807) is 0 Å². The highest BCUT2D eigenvalue weighted by atomic mass is 16.1. The van der Waals surface area contributed by atoms with E-state index in [9.17, 15) is 4.79 Å². The Kier molecular flexibility index (Phi) is 4.24. The smallest absolute Gasteiger partial charge is 0.252 e. The molecule has 1 fully saturated rings. The van der Waals surface area contributed by atoms with Crippen LogP contribution in [0.3, 0.4) is 0 Å². The Morgan fingerprint density at radius 2 is 2.26 bits per heavy atom. The lowest BCUT2D eigenvalue weighted by Gasteiger charge is -2.07. The summed E-state index contributed by atoms with van der Waals surface area (Å²) in [5, 5.41) is 2.99. The van der Waals surface area contributed by atoms with E-state index in [1.807, 2.05) is 25.1 Å². The lowest BCUT2D eigenvalue weighted by Crippen LogP contribution is -2.26. The Morgan fingerprint density at radius 3 is 2.89 bits per heavy atom. The van der Waals surface area contributed by atoms with Gasteiger partial charge < -0.3 is 11.1 Å². The van der Waals surface area contributed by atoms with Crippen LogP contribution in [-0.4, -0.2) is 19.0 Å². The van der Waals surface area contributed by atoms with Crippen molar-refractivity contribution >= 4 is 5.91 Å². The van der Waals surface area contributed by atoms with E-state index in [1.165, 1.54) is 6.42 Å². The Bertz CT molecular complexity index is 539. The number of rotatable bonds is 3. The van der Waals surface area contributed by atoms with E-state index >= 15 is 0 Å². The van der Waals surface area contributed by atoms with Gasteiger partial charge in [0.15, 0.2) is 0 Å². The molecule has 1 aliphatic rings. The number of carbonyl (C=O) groups excluding carboxylic acids is 1. The maximum atomic E-state index is 12.2. The molecule has 1 saturated carbocycles. The third-order valence-corrected chi connectivity index (χ3v) is 3.55. The van der Waals surface area contributed by atoms with Gasteiger partial charge in [-0.3, -0.25) is 4.79 Å². The molecule has 2 atom stereocenters. The third-order valence-electron chi connectivity index (χ3n) is 3.55. The molecule has 3 N–H and O–H groups in total. The van der Waals surface area contributed by atoms with Crippen LogP contribution in [0.4, 0.5) is 0 Å². The zero-order valence-electron chi connectivity index (χ0n) is 11.5. The summed E-state index contributed by atoms with van der Waals surface area (Å²) < 4.78 is 0. The van der Waals surface area contributed by atoms with Crippen LogP contribution in [0.2, 0.25) is 0 Å². The highest BCUT2D eigenvalue weighted by Crippen LogP contribution is 2.36. The molecule has 0 saturated heterocycles. The zero-order valence-corrected chi connectivity index (χ0v) is 11.5. The second-order valence-corrected chi connectivity index (χ2v) is 5.24. The summed E-state index contributed by atoms with van der Waals surface area (Å²) in [4.78, 5) is 12.2. The number of hydrogen-bond donors (Lipinski definition) is 2. The van der Waals surface area contributed by atoms with E-state index in [0.717, 1.165) is 23.6 Å². The fourth-order valence-corrected chi connectivity index (χ4v) is 2.11. The first kappa shape index (κ1) is 13.6. The molecule has 19 heavy (non-hydrogen) atoms. The molecule has 0 spiro atoms. The number of amides is 1. The molecule has 3 nitrogen and oxygen atoms in total. The number of hydrogen-bond acceptors (Lipinski definition) is 2. The molecule has 3 heteroatoms. The van der Waals surface area contributed by atoms with Crippen LogP contribution >= 0.6 is 0 Å². The molecule has 2 rings (SSSR count). The quantitative estimate of drug-likeness (QED) is 0.809. The summed E-state index contributed by atoms with van der Waals surface area (Å²) in [5.41, 5.74) is 7.87.